The van der Waals surface area contributed by atoms with Gasteiger partial charge in [0.05, 0.1) is 5.03 Å². The Hall–Kier alpha value is -1.49. The SMILES string of the molecule is C/[N+](N)=C/C=C(\N)SCc1cccnc1. The van der Waals surface area contributed by atoms with E-state index in [1.165, 1.54) is 4.68 Å². The predicted molar refractivity (Wildman–Crippen MR) is 64.2 cm³/mol. The summed E-state index contributed by atoms with van der Waals surface area (Å²) < 4.78 is 1.46. The molecule has 0 saturated heterocycles. The van der Waals surface area contributed by atoms with E-state index in [0.29, 0.717) is 0 Å². The smallest absolute Gasteiger partial charge is 0.195 e. The van der Waals surface area contributed by atoms with Crippen LogP contribution in [-0.4, -0.2) is 22.9 Å². The van der Waals surface area contributed by atoms with E-state index in [0.717, 1.165) is 16.3 Å². The van der Waals surface area contributed by atoms with Crippen LogP contribution in [0.25, 0.3) is 0 Å². The fourth-order valence-corrected chi connectivity index (χ4v) is 1.55. The Morgan fingerprint density at radius 3 is 3.07 bits per heavy atom. The molecule has 0 aliphatic rings. The third kappa shape index (κ3) is 5.07. The molecule has 1 aromatic rings. The minimum Gasteiger partial charge on any atom is -0.393 e. The molecule has 0 unspecified atom stereocenters. The van der Waals surface area contributed by atoms with Gasteiger partial charge in [-0.2, -0.15) is 0 Å². The first-order chi connectivity index (χ1) is 7.18. The molecule has 0 bridgehead atoms. The van der Waals surface area contributed by atoms with Crippen molar-refractivity contribution >= 4 is 18.0 Å². The molecule has 0 atom stereocenters. The average molecular weight is 223 g/mol. The van der Waals surface area contributed by atoms with Crippen molar-refractivity contribution in [2.45, 2.75) is 5.75 Å². The van der Waals surface area contributed by atoms with Gasteiger partial charge < -0.3 is 5.73 Å². The third-order valence-corrected chi connectivity index (χ3v) is 2.55. The molecular weight excluding hydrogens is 208 g/mol. The van der Waals surface area contributed by atoms with Crippen LogP contribution in [0.15, 0.2) is 35.6 Å². The number of thioether (sulfide) groups is 1. The van der Waals surface area contributed by atoms with E-state index in [2.05, 4.69) is 4.98 Å². The van der Waals surface area contributed by atoms with Gasteiger partial charge in [-0.25, -0.2) is 5.84 Å². The van der Waals surface area contributed by atoms with Gasteiger partial charge in [-0.3, -0.25) is 4.98 Å². The number of hydrazine groups is 1. The Kier molecular flexibility index (Phi) is 4.70. The molecule has 0 aliphatic heterocycles. The van der Waals surface area contributed by atoms with Gasteiger partial charge in [0.1, 0.15) is 0 Å². The second-order valence-electron chi connectivity index (χ2n) is 3.03. The average Bonchev–Trinajstić information content (AvgIpc) is 2.25. The molecule has 0 spiro atoms. The largest absolute Gasteiger partial charge is 0.393 e. The first-order valence-electron chi connectivity index (χ1n) is 4.48. The molecule has 1 heterocycles. The number of hydrazone groups is 1. The second-order valence-corrected chi connectivity index (χ2v) is 4.08. The van der Waals surface area contributed by atoms with Gasteiger partial charge in [0.25, 0.3) is 0 Å². The summed E-state index contributed by atoms with van der Waals surface area (Å²) in [5.41, 5.74) is 6.91. The zero-order chi connectivity index (χ0) is 11.1. The highest BCUT2D eigenvalue weighted by molar-refractivity contribution is 8.02. The first-order valence-corrected chi connectivity index (χ1v) is 5.47. The van der Waals surface area contributed by atoms with Gasteiger partial charge in [0.15, 0.2) is 13.3 Å². The van der Waals surface area contributed by atoms with Crippen molar-refractivity contribution in [2.75, 3.05) is 7.05 Å². The zero-order valence-corrected chi connectivity index (χ0v) is 9.45. The molecule has 0 amide bonds. The summed E-state index contributed by atoms with van der Waals surface area (Å²) in [4.78, 5) is 4.03. The highest BCUT2D eigenvalue weighted by Gasteiger charge is 1.95. The summed E-state index contributed by atoms with van der Waals surface area (Å²) in [7, 11) is 1.75. The lowest BCUT2D eigenvalue weighted by molar-refractivity contribution is -0.503. The lowest BCUT2D eigenvalue weighted by Gasteiger charge is -1.99. The quantitative estimate of drug-likeness (QED) is 0.341. The summed E-state index contributed by atoms with van der Waals surface area (Å²) in [6, 6.07) is 3.93. The number of hydrogen-bond donors (Lipinski definition) is 2. The monoisotopic (exact) mass is 223 g/mol. The molecule has 4 nitrogen and oxygen atoms in total. The molecular formula is C10H15N4S+. The first kappa shape index (κ1) is 11.6. The van der Waals surface area contributed by atoms with Gasteiger partial charge in [0, 0.05) is 24.2 Å². The Bertz CT molecular complexity index is 355. The molecule has 80 valence electrons. The van der Waals surface area contributed by atoms with Crippen LogP contribution in [0.4, 0.5) is 0 Å². The van der Waals surface area contributed by atoms with Crippen LogP contribution < -0.4 is 11.6 Å². The van der Waals surface area contributed by atoms with Gasteiger partial charge >= 0.3 is 0 Å². The topological polar surface area (TPSA) is 67.9 Å². The van der Waals surface area contributed by atoms with Gasteiger partial charge in [-0.15, -0.1) is 16.4 Å². The zero-order valence-electron chi connectivity index (χ0n) is 8.63. The molecule has 0 aliphatic carbocycles. The van der Waals surface area contributed by atoms with E-state index in [4.69, 9.17) is 11.6 Å². The summed E-state index contributed by atoms with van der Waals surface area (Å²) in [6.45, 7) is 0. The highest BCUT2D eigenvalue weighted by atomic mass is 32.2. The fourth-order valence-electron chi connectivity index (χ4n) is 0.889. The molecule has 1 rings (SSSR count). The van der Waals surface area contributed by atoms with E-state index in [-0.39, 0.29) is 0 Å². The Morgan fingerprint density at radius 1 is 1.67 bits per heavy atom. The van der Waals surface area contributed by atoms with E-state index in [1.54, 1.807) is 37.3 Å². The fraction of sp³-hybridized carbons (Fsp3) is 0.200. The Morgan fingerprint density at radius 2 is 2.47 bits per heavy atom. The number of pyridine rings is 1. The van der Waals surface area contributed by atoms with E-state index < -0.39 is 0 Å². The van der Waals surface area contributed by atoms with Crippen molar-refractivity contribution in [3.63, 3.8) is 0 Å². The van der Waals surface area contributed by atoms with E-state index >= 15 is 0 Å². The van der Waals surface area contributed by atoms with Gasteiger partial charge in [0.2, 0.25) is 0 Å². The van der Waals surface area contributed by atoms with Crippen molar-refractivity contribution in [1.82, 2.24) is 4.98 Å². The molecule has 0 aromatic carbocycles. The number of nitrogens with zero attached hydrogens (tertiary/aromatic N) is 2. The van der Waals surface area contributed by atoms with Crippen LogP contribution in [0.2, 0.25) is 0 Å². The van der Waals surface area contributed by atoms with Crippen LogP contribution in [0, 0.1) is 0 Å². The van der Waals surface area contributed by atoms with E-state index in [1.807, 2.05) is 18.3 Å². The summed E-state index contributed by atoms with van der Waals surface area (Å²) in [5.74, 6) is 6.22. The molecule has 0 radical (unpaired) electrons. The van der Waals surface area contributed by atoms with Gasteiger partial charge in [-0.05, 0) is 11.6 Å². The van der Waals surface area contributed by atoms with Crippen molar-refractivity contribution in [3.8, 4) is 0 Å². The van der Waals surface area contributed by atoms with Crippen molar-refractivity contribution < 1.29 is 4.68 Å². The van der Waals surface area contributed by atoms with Crippen LogP contribution in [0.1, 0.15) is 5.56 Å². The molecule has 1 aromatic heterocycles. The normalized spacial score (nSPS) is 12.9. The number of aromatic nitrogens is 1. The molecule has 4 N–H and O–H groups in total. The lowest BCUT2D eigenvalue weighted by Crippen LogP contribution is -2.14. The maximum absolute atomic E-state index is 5.76. The summed E-state index contributed by atoms with van der Waals surface area (Å²) in [5, 5.41) is 0.733. The third-order valence-electron chi connectivity index (χ3n) is 1.60. The molecule has 0 saturated carbocycles. The molecule has 0 fully saturated rings. The van der Waals surface area contributed by atoms with Crippen LogP contribution >= 0.6 is 11.8 Å². The van der Waals surface area contributed by atoms with Crippen molar-refractivity contribution in [2.24, 2.45) is 11.6 Å². The highest BCUT2D eigenvalue weighted by Crippen LogP contribution is 2.15. The minimum atomic E-state index is 0.733. The molecule has 5 heteroatoms. The summed E-state index contributed by atoms with van der Waals surface area (Å²) in [6.07, 6.45) is 7.08. The lowest BCUT2D eigenvalue weighted by atomic mass is 10.3. The van der Waals surface area contributed by atoms with Crippen molar-refractivity contribution in [1.29, 1.82) is 0 Å². The number of nitrogens with two attached hydrogens (primary N) is 2. The number of allylic oxidation sites excluding steroid dienone is 1. The van der Waals surface area contributed by atoms with E-state index in [9.17, 15) is 0 Å². The van der Waals surface area contributed by atoms with Crippen LogP contribution in [-0.2, 0) is 5.75 Å². The van der Waals surface area contributed by atoms with Crippen LogP contribution in [0.5, 0.6) is 0 Å². The Labute approximate surface area is 93.7 Å². The Balaban J connectivity index is 2.44. The maximum Gasteiger partial charge on any atom is 0.195 e. The second kappa shape index (κ2) is 6.08. The molecule has 15 heavy (non-hydrogen) atoms. The summed E-state index contributed by atoms with van der Waals surface area (Å²) >= 11 is 1.56. The maximum atomic E-state index is 5.76. The van der Waals surface area contributed by atoms with Gasteiger partial charge in [-0.1, -0.05) is 6.07 Å². The predicted octanol–water partition coefficient (Wildman–Crippen LogP) is 0.702. The number of rotatable bonds is 4. The standard InChI is InChI=1S/C10H14N4S/c1-14(12)6-4-10(11)15-8-9-3-2-5-13-7-9/h2-7,11H,8,12H2,1H3/p+1. The van der Waals surface area contributed by atoms with Crippen LogP contribution in [0.3, 0.4) is 0 Å². The minimum absolute atomic E-state index is 0.733. The van der Waals surface area contributed by atoms with Crippen molar-refractivity contribution in [3.05, 3.63) is 41.2 Å². The number of hydrogen-bond acceptors (Lipinski definition) is 4.